The zero-order valence-electron chi connectivity index (χ0n) is 16.7. The fourth-order valence-corrected chi connectivity index (χ4v) is 4.13. The molecule has 0 spiro atoms. The van der Waals surface area contributed by atoms with Gasteiger partial charge in [-0.25, -0.2) is 0 Å². The first-order valence-corrected chi connectivity index (χ1v) is 10.3. The summed E-state index contributed by atoms with van der Waals surface area (Å²) in [6, 6.07) is 4.28. The Balaban J connectivity index is 0.00000364. The highest BCUT2D eigenvalue weighted by molar-refractivity contribution is 14.0. The quantitative estimate of drug-likeness (QED) is 0.219. The molecule has 1 amide bonds. The maximum absolute atomic E-state index is 11.4. The first-order valence-electron chi connectivity index (χ1n) is 9.42. The lowest BCUT2D eigenvalue weighted by Crippen LogP contribution is -2.44. The molecule has 0 aromatic carbocycles. The highest BCUT2D eigenvalue weighted by Gasteiger charge is 2.24. The van der Waals surface area contributed by atoms with Crippen molar-refractivity contribution < 1.29 is 4.79 Å². The Morgan fingerprint density at radius 3 is 2.85 bits per heavy atom. The summed E-state index contributed by atoms with van der Waals surface area (Å²) in [7, 11) is 1.80. The molecule has 154 valence electrons. The molecule has 0 bridgehead atoms. The Morgan fingerprint density at radius 1 is 1.44 bits per heavy atom. The zero-order chi connectivity index (χ0) is 19.0. The molecule has 0 radical (unpaired) electrons. The summed E-state index contributed by atoms with van der Waals surface area (Å²) in [5, 5.41) is 8.93. The van der Waals surface area contributed by atoms with Crippen LogP contribution in [-0.2, 0) is 10.2 Å². The van der Waals surface area contributed by atoms with E-state index in [1.54, 1.807) is 18.4 Å². The summed E-state index contributed by atoms with van der Waals surface area (Å²) >= 11 is 1.79. The third-order valence-corrected chi connectivity index (χ3v) is 6.20. The molecule has 8 heteroatoms. The van der Waals surface area contributed by atoms with Gasteiger partial charge in [0.25, 0.3) is 0 Å². The maximum atomic E-state index is 11.4. The van der Waals surface area contributed by atoms with Crippen molar-refractivity contribution in [2.75, 3.05) is 39.8 Å². The molecule has 2 rings (SSSR count). The number of aliphatic imine (C=N–C) groups is 1. The van der Waals surface area contributed by atoms with Crippen molar-refractivity contribution in [3.63, 3.8) is 0 Å². The van der Waals surface area contributed by atoms with Crippen LogP contribution in [-0.4, -0.2) is 56.5 Å². The molecule has 1 aliphatic heterocycles. The number of nitrogens with one attached hydrogen (secondary N) is 2. The number of nitrogens with zero attached hydrogens (tertiary/aromatic N) is 2. The van der Waals surface area contributed by atoms with Gasteiger partial charge in [-0.05, 0) is 43.8 Å². The second kappa shape index (κ2) is 11.9. The van der Waals surface area contributed by atoms with Gasteiger partial charge < -0.3 is 21.3 Å². The van der Waals surface area contributed by atoms with E-state index in [1.165, 1.54) is 4.88 Å². The van der Waals surface area contributed by atoms with Crippen molar-refractivity contribution in [3.8, 4) is 0 Å². The molecular formula is C19H34IN5OS. The number of primary amides is 1. The first kappa shape index (κ1) is 24.2. The van der Waals surface area contributed by atoms with Crippen LogP contribution in [0.25, 0.3) is 0 Å². The molecule has 27 heavy (non-hydrogen) atoms. The number of carbonyl (C=O) groups is 1. The summed E-state index contributed by atoms with van der Waals surface area (Å²) in [5.74, 6) is 0.694. The number of carbonyl (C=O) groups excluding carboxylic acids is 1. The minimum Gasteiger partial charge on any atom is -0.369 e. The van der Waals surface area contributed by atoms with Crippen LogP contribution >= 0.6 is 35.3 Å². The van der Waals surface area contributed by atoms with E-state index < -0.39 is 0 Å². The minimum atomic E-state index is -0.161. The van der Waals surface area contributed by atoms with Crippen LogP contribution in [0.5, 0.6) is 0 Å². The molecule has 1 aromatic rings. The molecule has 1 saturated heterocycles. The fraction of sp³-hybridized carbons (Fsp3) is 0.684. The zero-order valence-corrected chi connectivity index (χ0v) is 19.8. The van der Waals surface area contributed by atoms with E-state index in [4.69, 9.17) is 5.73 Å². The van der Waals surface area contributed by atoms with Crippen molar-refractivity contribution >= 4 is 47.2 Å². The fourth-order valence-electron chi connectivity index (χ4n) is 3.28. The predicted octanol–water partition coefficient (Wildman–Crippen LogP) is 2.40. The molecule has 1 unspecified atom stereocenters. The van der Waals surface area contributed by atoms with E-state index >= 15 is 0 Å². The van der Waals surface area contributed by atoms with Gasteiger partial charge >= 0.3 is 0 Å². The number of likely N-dealkylation sites (tertiary alicyclic amines) is 1. The number of halogens is 1. The van der Waals surface area contributed by atoms with Gasteiger partial charge in [-0.15, -0.1) is 35.3 Å². The molecule has 1 fully saturated rings. The van der Waals surface area contributed by atoms with Crippen LogP contribution in [0, 0.1) is 5.92 Å². The van der Waals surface area contributed by atoms with Gasteiger partial charge in [0.1, 0.15) is 0 Å². The normalized spacial score (nSPS) is 18.6. The SMILES string of the molecule is CN=C(NCCCN1CCCC(C(N)=O)C1)NCC(C)(C)c1cccs1.I. The van der Waals surface area contributed by atoms with Gasteiger partial charge in [-0.2, -0.15) is 0 Å². The van der Waals surface area contributed by atoms with E-state index in [0.29, 0.717) is 0 Å². The Bertz CT molecular complexity index is 591. The van der Waals surface area contributed by atoms with Crippen LogP contribution in [0.2, 0.25) is 0 Å². The number of nitrogens with two attached hydrogens (primary N) is 1. The summed E-state index contributed by atoms with van der Waals surface area (Å²) in [6.07, 6.45) is 3.00. The molecule has 2 heterocycles. The van der Waals surface area contributed by atoms with Gasteiger partial charge in [-0.3, -0.25) is 9.79 Å². The largest absolute Gasteiger partial charge is 0.369 e. The van der Waals surface area contributed by atoms with Gasteiger partial charge in [0.2, 0.25) is 5.91 Å². The molecule has 0 saturated carbocycles. The monoisotopic (exact) mass is 507 g/mol. The van der Waals surface area contributed by atoms with Crippen LogP contribution < -0.4 is 16.4 Å². The molecular weight excluding hydrogens is 473 g/mol. The molecule has 1 atom stereocenters. The average molecular weight is 507 g/mol. The maximum Gasteiger partial charge on any atom is 0.221 e. The summed E-state index contributed by atoms with van der Waals surface area (Å²) in [5.41, 5.74) is 5.52. The van der Waals surface area contributed by atoms with Crippen molar-refractivity contribution in [2.24, 2.45) is 16.6 Å². The van der Waals surface area contributed by atoms with E-state index in [0.717, 1.165) is 57.9 Å². The highest BCUT2D eigenvalue weighted by atomic mass is 127. The number of rotatable bonds is 8. The lowest BCUT2D eigenvalue weighted by molar-refractivity contribution is -0.123. The van der Waals surface area contributed by atoms with E-state index in [1.807, 2.05) is 0 Å². The standard InChI is InChI=1S/C19H33N5OS.HI/c1-19(2,16-8-5-12-26-16)14-23-18(21-3)22-9-6-11-24-10-4-7-15(13-24)17(20)25;/h5,8,12,15H,4,6-7,9-11,13-14H2,1-3H3,(H2,20,25)(H2,21,22,23);1H. The number of amides is 1. The van der Waals surface area contributed by atoms with Gasteiger partial charge in [0.05, 0.1) is 5.92 Å². The second-order valence-electron chi connectivity index (χ2n) is 7.61. The first-order chi connectivity index (χ1) is 12.4. The van der Waals surface area contributed by atoms with E-state index in [-0.39, 0.29) is 41.2 Å². The van der Waals surface area contributed by atoms with Gasteiger partial charge in [0, 0.05) is 37.0 Å². The van der Waals surface area contributed by atoms with Crippen LogP contribution in [0.15, 0.2) is 22.5 Å². The summed E-state index contributed by atoms with van der Waals surface area (Å²) in [4.78, 5) is 19.4. The van der Waals surface area contributed by atoms with Gasteiger partial charge in [0.15, 0.2) is 5.96 Å². The summed E-state index contributed by atoms with van der Waals surface area (Å²) in [6.45, 7) is 9.02. The third kappa shape index (κ3) is 7.95. The summed E-state index contributed by atoms with van der Waals surface area (Å²) < 4.78 is 0. The second-order valence-corrected chi connectivity index (χ2v) is 8.56. The van der Waals surface area contributed by atoms with Crippen molar-refractivity contribution in [1.29, 1.82) is 0 Å². The average Bonchev–Trinajstić information content (AvgIpc) is 3.17. The van der Waals surface area contributed by atoms with Crippen molar-refractivity contribution in [2.45, 2.75) is 38.5 Å². The molecule has 6 nitrogen and oxygen atoms in total. The third-order valence-electron chi connectivity index (χ3n) is 4.96. The van der Waals surface area contributed by atoms with Crippen LogP contribution in [0.1, 0.15) is 38.0 Å². The molecule has 0 aliphatic carbocycles. The van der Waals surface area contributed by atoms with Crippen molar-refractivity contribution in [3.05, 3.63) is 22.4 Å². The smallest absolute Gasteiger partial charge is 0.221 e. The Morgan fingerprint density at radius 2 is 2.22 bits per heavy atom. The topological polar surface area (TPSA) is 82.8 Å². The van der Waals surface area contributed by atoms with E-state index in [2.05, 4.69) is 51.9 Å². The Hall–Kier alpha value is -0.870. The van der Waals surface area contributed by atoms with Crippen LogP contribution in [0.4, 0.5) is 0 Å². The van der Waals surface area contributed by atoms with Gasteiger partial charge in [-0.1, -0.05) is 19.9 Å². The highest BCUT2D eigenvalue weighted by Crippen LogP contribution is 2.26. The number of piperidine rings is 1. The van der Waals surface area contributed by atoms with Crippen molar-refractivity contribution in [1.82, 2.24) is 15.5 Å². The number of hydrogen-bond acceptors (Lipinski definition) is 4. The number of hydrogen-bond donors (Lipinski definition) is 3. The Labute approximate surface area is 184 Å². The predicted molar refractivity (Wildman–Crippen MR) is 125 cm³/mol. The Kier molecular flexibility index (Phi) is 10.6. The van der Waals surface area contributed by atoms with E-state index in [9.17, 15) is 4.79 Å². The minimum absolute atomic E-state index is 0. The molecule has 1 aromatic heterocycles. The van der Waals surface area contributed by atoms with Crippen LogP contribution in [0.3, 0.4) is 0 Å². The lowest BCUT2D eigenvalue weighted by atomic mass is 9.91. The molecule has 4 N–H and O–H groups in total. The molecule has 1 aliphatic rings. The number of guanidine groups is 1. The number of thiophene rings is 1. The lowest BCUT2D eigenvalue weighted by Gasteiger charge is -2.31.